The normalized spacial score (nSPS) is 16.3. The minimum atomic E-state index is 0.237. The lowest BCUT2D eigenvalue weighted by atomic mass is 9.96. The molecular formula is C18H22N2O. The Morgan fingerprint density at radius 2 is 1.81 bits per heavy atom. The summed E-state index contributed by atoms with van der Waals surface area (Å²) in [5.74, 6) is 0.829. The molecule has 2 aromatic carbocycles. The second kappa shape index (κ2) is 6.27. The lowest BCUT2D eigenvalue weighted by Crippen LogP contribution is -2.40. The van der Waals surface area contributed by atoms with E-state index in [2.05, 4.69) is 30.3 Å². The van der Waals surface area contributed by atoms with Crippen molar-refractivity contribution in [3.05, 3.63) is 48.0 Å². The van der Waals surface area contributed by atoms with Gasteiger partial charge < -0.3 is 10.6 Å². The Labute approximate surface area is 125 Å². The van der Waals surface area contributed by atoms with E-state index in [0.29, 0.717) is 12.3 Å². The zero-order valence-corrected chi connectivity index (χ0v) is 12.3. The van der Waals surface area contributed by atoms with Gasteiger partial charge in [-0.1, -0.05) is 42.5 Å². The fraction of sp³-hybridized carbons (Fsp3) is 0.389. The molecule has 0 radical (unpaired) electrons. The minimum Gasteiger partial charge on any atom is -0.342 e. The van der Waals surface area contributed by atoms with Crippen LogP contribution in [0.3, 0.4) is 0 Å². The largest absolute Gasteiger partial charge is 0.342 e. The summed E-state index contributed by atoms with van der Waals surface area (Å²) >= 11 is 0. The Morgan fingerprint density at radius 1 is 1.10 bits per heavy atom. The molecule has 2 N–H and O–H groups in total. The summed E-state index contributed by atoms with van der Waals surface area (Å²) in [4.78, 5) is 14.4. The van der Waals surface area contributed by atoms with Crippen molar-refractivity contribution in [3.8, 4) is 0 Å². The van der Waals surface area contributed by atoms with Gasteiger partial charge in [-0.25, -0.2) is 0 Å². The second-order valence-electron chi connectivity index (χ2n) is 5.92. The number of nitrogens with zero attached hydrogens (tertiary/aromatic N) is 1. The van der Waals surface area contributed by atoms with E-state index in [4.69, 9.17) is 5.73 Å². The summed E-state index contributed by atoms with van der Waals surface area (Å²) in [5, 5.41) is 2.42. The van der Waals surface area contributed by atoms with Gasteiger partial charge in [-0.3, -0.25) is 4.79 Å². The van der Waals surface area contributed by atoms with Crippen molar-refractivity contribution in [2.75, 3.05) is 19.6 Å². The molecule has 0 aliphatic carbocycles. The van der Waals surface area contributed by atoms with Gasteiger partial charge in [0.2, 0.25) is 5.91 Å². The zero-order chi connectivity index (χ0) is 14.7. The third-order valence-corrected chi connectivity index (χ3v) is 4.47. The Bertz CT molecular complexity index is 630. The predicted molar refractivity (Wildman–Crippen MR) is 86.0 cm³/mol. The highest BCUT2D eigenvalue weighted by atomic mass is 16.2. The number of carbonyl (C=O) groups is 1. The summed E-state index contributed by atoms with van der Waals surface area (Å²) in [7, 11) is 0. The molecule has 1 aliphatic rings. The number of carbonyl (C=O) groups excluding carboxylic acids is 1. The molecule has 0 saturated carbocycles. The molecule has 21 heavy (non-hydrogen) atoms. The number of hydrogen-bond acceptors (Lipinski definition) is 2. The number of likely N-dealkylation sites (tertiary alicyclic amines) is 1. The molecule has 0 unspecified atom stereocenters. The first-order valence-electron chi connectivity index (χ1n) is 7.72. The molecule has 1 aliphatic heterocycles. The maximum atomic E-state index is 12.4. The number of nitrogens with two attached hydrogens (primary N) is 1. The molecule has 0 bridgehead atoms. The number of amides is 1. The summed E-state index contributed by atoms with van der Waals surface area (Å²) in [5.41, 5.74) is 6.79. The molecule has 0 atom stereocenters. The summed E-state index contributed by atoms with van der Waals surface area (Å²) < 4.78 is 0. The average molecular weight is 282 g/mol. The van der Waals surface area contributed by atoms with Crippen LogP contribution in [0.2, 0.25) is 0 Å². The number of rotatable bonds is 3. The molecule has 3 nitrogen and oxygen atoms in total. The van der Waals surface area contributed by atoms with Gasteiger partial charge in [0.15, 0.2) is 0 Å². The Balaban J connectivity index is 1.66. The van der Waals surface area contributed by atoms with E-state index < -0.39 is 0 Å². The van der Waals surface area contributed by atoms with Crippen LogP contribution >= 0.6 is 0 Å². The van der Waals surface area contributed by atoms with Gasteiger partial charge in [0.05, 0.1) is 6.42 Å². The zero-order valence-electron chi connectivity index (χ0n) is 12.3. The van der Waals surface area contributed by atoms with Crippen LogP contribution in [0.1, 0.15) is 18.4 Å². The molecule has 1 saturated heterocycles. The van der Waals surface area contributed by atoms with Crippen molar-refractivity contribution in [3.63, 3.8) is 0 Å². The van der Waals surface area contributed by atoms with E-state index in [1.54, 1.807) is 0 Å². The average Bonchev–Trinajstić information content (AvgIpc) is 2.55. The molecular weight excluding hydrogens is 260 g/mol. The Morgan fingerprint density at radius 3 is 2.52 bits per heavy atom. The van der Waals surface area contributed by atoms with Gasteiger partial charge in [0.25, 0.3) is 0 Å². The van der Waals surface area contributed by atoms with Crippen molar-refractivity contribution < 1.29 is 4.79 Å². The lowest BCUT2D eigenvalue weighted by Gasteiger charge is -2.31. The SMILES string of the molecule is NCC1CCN(C(=O)Cc2ccc3ccccc3c2)CC1. The van der Waals surface area contributed by atoms with E-state index in [1.165, 1.54) is 10.8 Å². The van der Waals surface area contributed by atoms with Crippen molar-refractivity contribution >= 4 is 16.7 Å². The summed E-state index contributed by atoms with van der Waals surface area (Å²) in [6.07, 6.45) is 2.58. The molecule has 3 heteroatoms. The monoisotopic (exact) mass is 282 g/mol. The molecule has 1 amide bonds. The minimum absolute atomic E-state index is 0.237. The standard InChI is InChI=1S/C18H22N2O/c19-13-14-7-9-20(10-8-14)18(21)12-15-5-6-16-3-1-2-4-17(16)11-15/h1-6,11,14H,7-10,12-13,19H2. The van der Waals surface area contributed by atoms with Crippen LogP contribution in [0.5, 0.6) is 0 Å². The third-order valence-electron chi connectivity index (χ3n) is 4.47. The van der Waals surface area contributed by atoms with Gasteiger partial charge in [-0.05, 0) is 41.6 Å². The fourth-order valence-corrected chi connectivity index (χ4v) is 3.05. The van der Waals surface area contributed by atoms with Crippen LogP contribution in [0.25, 0.3) is 10.8 Å². The van der Waals surface area contributed by atoms with Gasteiger partial charge in [0, 0.05) is 13.1 Å². The quantitative estimate of drug-likeness (QED) is 0.940. The third kappa shape index (κ3) is 3.24. The lowest BCUT2D eigenvalue weighted by molar-refractivity contribution is -0.131. The highest BCUT2D eigenvalue weighted by Crippen LogP contribution is 2.19. The number of benzene rings is 2. The number of fused-ring (bicyclic) bond motifs is 1. The molecule has 0 aromatic heterocycles. The van der Waals surface area contributed by atoms with Crippen molar-refractivity contribution in [1.82, 2.24) is 4.90 Å². The van der Waals surface area contributed by atoms with Gasteiger partial charge in [-0.15, -0.1) is 0 Å². The maximum Gasteiger partial charge on any atom is 0.226 e. The first-order chi connectivity index (χ1) is 10.3. The highest BCUT2D eigenvalue weighted by Gasteiger charge is 2.21. The van der Waals surface area contributed by atoms with Crippen molar-refractivity contribution in [2.45, 2.75) is 19.3 Å². The van der Waals surface area contributed by atoms with Gasteiger partial charge >= 0.3 is 0 Å². The summed E-state index contributed by atoms with van der Waals surface area (Å²) in [6, 6.07) is 14.5. The first kappa shape index (κ1) is 14.1. The van der Waals surface area contributed by atoms with Crippen molar-refractivity contribution in [1.29, 1.82) is 0 Å². The number of piperidine rings is 1. The molecule has 3 rings (SSSR count). The fourth-order valence-electron chi connectivity index (χ4n) is 3.05. The number of hydrogen-bond donors (Lipinski definition) is 1. The van der Waals surface area contributed by atoms with E-state index >= 15 is 0 Å². The van der Waals surface area contributed by atoms with Crippen LogP contribution in [-0.4, -0.2) is 30.4 Å². The summed E-state index contributed by atoms with van der Waals surface area (Å²) in [6.45, 7) is 2.45. The smallest absolute Gasteiger partial charge is 0.226 e. The van der Waals surface area contributed by atoms with Gasteiger partial charge in [0.1, 0.15) is 0 Å². The van der Waals surface area contributed by atoms with E-state index in [-0.39, 0.29) is 5.91 Å². The van der Waals surface area contributed by atoms with Gasteiger partial charge in [-0.2, -0.15) is 0 Å². The second-order valence-corrected chi connectivity index (χ2v) is 5.92. The van der Waals surface area contributed by atoms with E-state index in [1.807, 2.05) is 17.0 Å². The van der Waals surface area contributed by atoms with Crippen LogP contribution in [0.15, 0.2) is 42.5 Å². The Hall–Kier alpha value is -1.87. The first-order valence-corrected chi connectivity index (χ1v) is 7.72. The Kier molecular flexibility index (Phi) is 4.20. The molecule has 2 aromatic rings. The van der Waals surface area contributed by atoms with E-state index in [0.717, 1.165) is 38.0 Å². The maximum absolute atomic E-state index is 12.4. The molecule has 1 heterocycles. The van der Waals surface area contributed by atoms with Crippen LogP contribution in [0.4, 0.5) is 0 Å². The molecule has 1 fully saturated rings. The van der Waals surface area contributed by atoms with Crippen molar-refractivity contribution in [2.24, 2.45) is 11.7 Å². The van der Waals surface area contributed by atoms with Crippen LogP contribution in [-0.2, 0) is 11.2 Å². The highest BCUT2D eigenvalue weighted by molar-refractivity contribution is 5.85. The topological polar surface area (TPSA) is 46.3 Å². The predicted octanol–water partition coefficient (Wildman–Crippen LogP) is 2.58. The molecule has 110 valence electrons. The van der Waals surface area contributed by atoms with Crippen LogP contribution in [0, 0.1) is 5.92 Å². The van der Waals surface area contributed by atoms with Crippen LogP contribution < -0.4 is 5.73 Å². The molecule has 0 spiro atoms. The van der Waals surface area contributed by atoms with E-state index in [9.17, 15) is 4.79 Å².